The maximum atomic E-state index is 15.0. The minimum Gasteiger partial charge on any atom is -0.379 e. The van der Waals surface area contributed by atoms with Crippen LogP contribution in [0.1, 0.15) is 51.4 Å². The lowest BCUT2D eigenvalue weighted by atomic mass is 9.90. The molecule has 1 saturated heterocycles. The second-order valence-electron chi connectivity index (χ2n) is 10.4. The summed E-state index contributed by atoms with van der Waals surface area (Å²) in [6, 6.07) is 6.80. The van der Waals surface area contributed by atoms with Gasteiger partial charge in [0.15, 0.2) is 5.82 Å². The topological polar surface area (TPSA) is 72.5 Å². The molecule has 9 heteroatoms. The maximum absolute atomic E-state index is 15.0. The minimum absolute atomic E-state index is 0.191. The second kappa shape index (κ2) is 9.44. The summed E-state index contributed by atoms with van der Waals surface area (Å²) >= 11 is 0. The van der Waals surface area contributed by atoms with Gasteiger partial charge in [-0.1, -0.05) is 0 Å². The zero-order valence-corrected chi connectivity index (χ0v) is 21.2. The van der Waals surface area contributed by atoms with Gasteiger partial charge in [0.1, 0.15) is 11.3 Å². The Bertz CT molecular complexity index is 1380. The van der Waals surface area contributed by atoms with Crippen molar-refractivity contribution in [3.63, 3.8) is 0 Å². The number of ether oxygens (including phenoxy) is 1. The highest BCUT2D eigenvalue weighted by atomic mass is 19.1. The summed E-state index contributed by atoms with van der Waals surface area (Å²) in [6.07, 6.45) is 8.35. The average Bonchev–Trinajstić information content (AvgIpc) is 3.45. The third-order valence-electron chi connectivity index (χ3n) is 7.76. The van der Waals surface area contributed by atoms with Crippen LogP contribution in [-0.2, 0) is 4.74 Å². The first-order valence-corrected chi connectivity index (χ1v) is 13.1. The van der Waals surface area contributed by atoms with Crippen molar-refractivity contribution in [1.29, 1.82) is 0 Å². The Hall–Kier alpha value is -3.04. The molecular formula is C27H34FN7O. The fourth-order valence-corrected chi connectivity index (χ4v) is 6.00. The molecule has 0 unspecified atom stereocenters. The van der Waals surface area contributed by atoms with Crippen LogP contribution in [-0.4, -0.2) is 67.4 Å². The van der Waals surface area contributed by atoms with Crippen molar-refractivity contribution in [3.8, 4) is 11.1 Å². The fourth-order valence-electron chi connectivity index (χ4n) is 6.00. The average molecular weight is 492 g/mol. The van der Waals surface area contributed by atoms with Gasteiger partial charge >= 0.3 is 0 Å². The number of aryl methyl sites for hydroxylation is 1. The molecule has 1 aliphatic heterocycles. The number of morpholine rings is 1. The largest absolute Gasteiger partial charge is 0.379 e. The van der Waals surface area contributed by atoms with E-state index in [0.29, 0.717) is 23.5 Å². The van der Waals surface area contributed by atoms with Gasteiger partial charge < -0.3 is 14.6 Å². The van der Waals surface area contributed by atoms with Crippen LogP contribution >= 0.6 is 0 Å². The van der Waals surface area contributed by atoms with Crippen molar-refractivity contribution in [1.82, 2.24) is 29.0 Å². The second-order valence-corrected chi connectivity index (χ2v) is 10.4. The Labute approximate surface area is 210 Å². The van der Waals surface area contributed by atoms with E-state index in [4.69, 9.17) is 9.84 Å². The summed E-state index contributed by atoms with van der Waals surface area (Å²) in [5.74, 6) is 1.14. The van der Waals surface area contributed by atoms with Gasteiger partial charge in [-0.15, -0.1) is 5.10 Å². The number of halogens is 1. The zero-order chi connectivity index (χ0) is 24.8. The number of hydrogen-bond donors (Lipinski definition) is 1. The monoisotopic (exact) mass is 491 g/mol. The van der Waals surface area contributed by atoms with E-state index in [9.17, 15) is 0 Å². The Morgan fingerprint density at radius 3 is 2.61 bits per heavy atom. The van der Waals surface area contributed by atoms with Crippen LogP contribution in [0.25, 0.3) is 27.7 Å². The molecule has 0 bridgehead atoms. The molecule has 0 amide bonds. The Morgan fingerprint density at radius 2 is 1.86 bits per heavy atom. The van der Waals surface area contributed by atoms with Crippen LogP contribution in [0, 0.1) is 12.7 Å². The van der Waals surface area contributed by atoms with Gasteiger partial charge in [-0.25, -0.2) is 18.9 Å². The third-order valence-corrected chi connectivity index (χ3v) is 7.76. The molecule has 190 valence electrons. The number of benzene rings is 1. The van der Waals surface area contributed by atoms with Crippen molar-refractivity contribution < 1.29 is 9.13 Å². The highest BCUT2D eigenvalue weighted by Gasteiger charge is 2.27. The van der Waals surface area contributed by atoms with Crippen molar-refractivity contribution in [2.24, 2.45) is 0 Å². The highest BCUT2D eigenvalue weighted by molar-refractivity contribution is 5.88. The van der Waals surface area contributed by atoms with Gasteiger partial charge in [0.05, 0.1) is 30.4 Å². The molecule has 8 nitrogen and oxygen atoms in total. The van der Waals surface area contributed by atoms with E-state index in [0.717, 1.165) is 67.1 Å². The molecule has 2 fully saturated rings. The lowest BCUT2D eigenvalue weighted by Crippen LogP contribution is -2.46. The number of aromatic nitrogens is 5. The van der Waals surface area contributed by atoms with Crippen LogP contribution in [0.5, 0.6) is 0 Å². The Kier molecular flexibility index (Phi) is 6.13. The molecule has 0 radical (unpaired) electrons. The zero-order valence-electron chi connectivity index (χ0n) is 21.2. The van der Waals surface area contributed by atoms with Crippen LogP contribution in [0.3, 0.4) is 0 Å². The van der Waals surface area contributed by atoms with Crippen molar-refractivity contribution in [2.45, 2.75) is 64.6 Å². The molecule has 4 aromatic rings. The van der Waals surface area contributed by atoms with Gasteiger partial charge in [-0.3, -0.25) is 4.90 Å². The summed E-state index contributed by atoms with van der Waals surface area (Å²) in [7, 11) is 0. The third kappa shape index (κ3) is 4.24. The number of anilines is 1. The van der Waals surface area contributed by atoms with E-state index in [1.54, 1.807) is 6.07 Å². The van der Waals surface area contributed by atoms with E-state index in [1.807, 2.05) is 36.0 Å². The first kappa shape index (κ1) is 23.4. The van der Waals surface area contributed by atoms with Crippen molar-refractivity contribution >= 4 is 22.5 Å². The lowest BCUT2D eigenvalue weighted by molar-refractivity contribution is 0.00790. The number of rotatable bonds is 5. The number of fused-ring (bicyclic) bond motifs is 2. The van der Waals surface area contributed by atoms with E-state index in [-0.39, 0.29) is 11.9 Å². The summed E-state index contributed by atoms with van der Waals surface area (Å²) in [5.41, 5.74) is 3.78. The molecule has 36 heavy (non-hydrogen) atoms. The molecule has 1 saturated carbocycles. The minimum atomic E-state index is -0.309. The molecule has 2 aliphatic rings. The fraction of sp³-hybridized carbons (Fsp3) is 0.519. The van der Waals surface area contributed by atoms with E-state index in [2.05, 4.69) is 38.6 Å². The molecule has 0 atom stereocenters. The van der Waals surface area contributed by atoms with Crippen molar-refractivity contribution in [2.75, 3.05) is 31.6 Å². The van der Waals surface area contributed by atoms with E-state index < -0.39 is 0 Å². The van der Waals surface area contributed by atoms with Gasteiger partial charge in [-0.2, -0.15) is 0 Å². The smallest absolute Gasteiger partial charge is 0.241 e. The Morgan fingerprint density at radius 1 is 1.08 bits per heavy atom. The summed E-state index contributed by atoms with van der Waals surface area (Å²) in [4.78, 5) is 11.7. The molecule has 6 rings (SSSR count). The molecular weight excluding hydrogens is 457 g/mol. The van der Waals surface area contributed by atoms with Gasteiger partial charge in [0.2, 0.25) is 5.95 Å². The molecule has 4 heterocycles. The molecule has 0 spiro atoms. The van der Waals surface area contributed by atoms with Gasteiger partial charge in [0, 0.05) is 43.0 Å². The first-order valence-electron chi connectivity index (χ1n) is 13.1. The predicted octanol–water partition coefficient (Wildman–Crippen LogP) is 4.83. The SMILES string of the molecule is Cc1nc2c(F)cc(-c3ccn4nc(N[C@H]5CC[C@@H](N6CCOCC6)CC5)ncc34)cc2n1C(C)C. The standard InChI is InChI=1S/C27H34FN7O/c1-17(2)35-18(3)30-26-23(28)14-19(15-24(26)35)22-8-9-34-25(22)16-29-27(32-34)31-20-4-6-21(7-5-20)33-10-12-36-13-11-33/h8-9,14-17,20-21H,4-7,10-13H2,1-3H3,(H,31,32)/t20-,21+. The van der Waals surface area contributed by atoms with Crippen LogP contribution < -0.4 is 5.32 Å². The number of nitrogens with one attached hydrogen (secondary N) is 1. The lowest BCUT2D eigenvalue weighted by Gasteiger charge is -2.38. The number of hydrogen-bond acceptors (Lipinski definition) is 6. The quantitative estimate of drug-likeness (QED) is 0.431. The van der Waals surface area contributed by atoms with Crippen LogP contribution in [0.2, 0.25) is 0 Å². The first-order chi connectivity index (χ1) is 17.5. The van der Waals surface area contributed by atoms with Crippen LogP contribution in [0.15, 0.2) is 30.6 Å². The molecule has 3 aromatic heterocycles. The Balaban J connectivity index is 1.21. The van der Waals surface area contributed by atoms with E-state index in [1.165, 1.54) is 12.8 Å². The highest BCUT2D eigenvalue weighted by Crippen LogP contribution is 2.32. The van der Waals surface area contributed by atoms with Crippen LogP contribution in [0.4, 0.5) is 10.3 Å². The summed E-state index contributed by atoms with van der Waals surface area (Å²) in [6.45, 7) is 9.90. The summed E-state index contributed by atoms with van der Waals surface area (Å²) in [5, 5.41) is 8.26. The van der Waals surface area contributed by atoms with E-state index >= 15 is 4.39 Å². The predicted molar refractivity (Wildman–Crippen MR) is 139 cm³/mol. The summed E-state index contributed by atoms with van der Waals surface area (Å²) < 4.78 is 24.4. The molecule has 1 aromatic carbocycles. The number of imidazole rings is 1. The van der Waals surface area contributed by atoms with Crippen molar-refractivity contribution in [3.05, 3.63) is 42.2 Å². The number of nitrogens with zero attached hydrogens (tertiary/aromatic N) is 6. The molecule has 1 aliphatic carbocycles. The molecule has 1 N–H and O–H groups in total. The normalized spacial score (nSPS) is 21.6. The van der Waals surface area contributed by atoms with Gasteiger partial charge in [-0.05, 0) is 70.2 Å². The maximum Gasteiger partial charge on any atom is 0.241 e. The van der Waals surface area contributed by atoms with Gasteiger partial charge in [0.25, 0.3) is 0 Å².